The van der Waals surface area contributed by atoms with Gasteiger partial charge in [-0.1, -0.05) is 31.2 Å². The topological polar surface area (TPSA) is 38.9 Å². The molecule has 17 heavy (non-hydrogen) atoms. The van der Waals surface area contributed by atoms with Crippen molar-refractivity contribution in [2.45, 2.75) is 26.7 Å². The molecule has 0 saturated carbocycles. The first kappa shape index (κ1) is 12.3. The second-order valence-electron chi connectivity index (χ2n) is 4.10. The highest BCUT2D eigenvalue weighted by Crippen LogP contribution is 2.27. The molecule has 0 radical (unpaired) electrons. The molecule has 1 aromatic heterocycles. The molecule has 90 valence electrons. The summed E-state index contributed by atoms with van der Waals surface area (Å²) in [5.74, 6) is 0. The molecule has 0 aliphatic rings. The molecule has 1 aromatic carbocycles. The molecule has 0 spiro atoms. The van der Waals surface area contributed by atoms with E-state index in [0.717, 1.165) is 23.5 Å². The van der Waals surface area contributed by atoms with E-state index >= 15 is 0 Å². The Morgan fingerprint density at radius 1 is 1.24 bits per heavy atom. The van der Waals surface area contributed by atoms with E-state index in [1.807, 2.05) is 0 Å². The molecule has 2 N–H and O–H groups in total. The van der Waals surface area contributed by atoms with E-state index in [1.54, 1.807) is 11.3 Å². The molecule has 0 atom stereocenters. The third kappa shape index (κ3) is 2.73. The Morgan fingerprint density at radius 2 is 1.94 bits per heavy atom. The van der Waals surface area contributed by atoms with E-state index in [9.17, 15) is 0 Å². The highest BCUT2D eigenvalue weighted by molar-refractivity contribution is 7.12. The molecule has 3 heteroatoms. The summed E-state index contributed by atoms with van der Waals surface area (Å²) in [6.07, 6.45) is 1.95. The minimum absolute atomic E-state index is 0.668. The van der Waals surface area contributed by atoms with Gasteiger partial charge >= 0.3 is 0 Å². The zero-order chi connectivity index (χ0) is 12.3. The second-order valence-corrected chi connectivity index (χ2v) is 5.39. The van der Waals surface area contributed by atoms with Crippen LogP contribution < -0.4 is 5.73 Å². The standard InChI is InChI=1S/C14H18N2S/c1-3-11-4-6-12(7-5-11)14-10(2)17-13(16-14)8-9-15/h4-7H,3,8-9,15H2,1-2H3. The molecule has 0 unspecified atom stereocenters. The van der Waals surface area contributed by atoms with Crippen LogP contribution in [0.2, 0.25) is 0 Å². The lowest BCUT2D eigenvalue weighted by Gasteiger charge is -2.00. The lowest BCUT2D eigenvalue weighted by Crippen LogP contribution is -2.01. The maximum absolute atomic E-state index is 5.56. The van der Waals surface area contributed by atoms with Crippen LogP contribution in [0.1, 0.15) is 22.4 Å². The summed E-state index contributed by atoms with van der Waals surface area (Å²) in [5, 5.41) is 1.14. The van der Waals surface area contributed by atoms with Crippen LogP contribution in [0.4, 0.5) is 0 Å². The van der Waals surface area contributed by atoms with E-state index in [1.165, 1.54) is 16.0 Å². The van der Waals surface area contributed by atoms with Crippen molar-refractivity contribution in [3.63, 3.8) is 0 Å². The first-order valence-corrected chi connectivity index (χ1v) is 6.82. The van der Waals surface area contributed by atoms with Gasteiger partial charge in [-0.15, -0.1) is 11.3 Å². The number of rotatable bonds is 4. The van der Waals surface area contributed by atoms with E-state index < -0.39 is 0 Å². The molecule has 0 amide bonds. The van der Waals surface area contributed by atoms with Crippen LogP contribution in [-0.2, 0) is 12.8 Å². The predicted octanol–water partition coefficient (Wildman–Crippen LogP) is 3.18. The van der Waals surface area contributed by atoms with Crippen LogP contribution >= 0.6 is 11.3 Å². The fraction of sp³-hybridized carbons (Fsp3) is 0.357. The molecule has 1 heterocycles. The fourth-order valence-electron chi connectivity index (χ4n) is 1.85. The molecule has 0 aliphatic heterocycles. The van der Waals surface area contributed by atoms with E-state index in [2.05, 4.69) is 43.1 Å². The Bertz CT molecular complexity index is 485. The number of benzene rings is 1. The summed E-state index contributed by atoms with van der Waals surface area (Å²) in [4.78, 5) is 5.94. The third-order valence-electron chi connectivity index (χ3n) is 2.83. The Morgan fingerprint density at radius 3 is 2.53 bits per heavy atom. The number of aromatic nitrogens is 1. The number of thiazole rings is 1. The van der Waals surface area contributed by atoms with Crippen LogP contribution in [0.3, 0.4) is 0 Å². The number of nitrogens with two attached hydrogens (primary N) is 1. The molecule has 2 aromatic rings. The van der Waals surface area contributed by atoms with Gasteiger partial charge in [0.05, 0.1) is 10.7 Å². The number of hydrogen-bond donors (Lipinski definition) is 1. The molecule has 0 saturated heterocycles. The number of aryl methyl sites for hydroxylation is 2. The zero-order valence-corrected chi connectivity index (χ0v) is 11.2. The highest BCUT2D eigenvalue weighted by Gasteiger charge is 2.08. The van der Waals surface area contributed by atoms with Crippen molar-refractivity contribution < 1.29 is 0 Å². The SMILES string of the molecule is CCc1ccc(-c2nc(CCN)sc2C)cc1. The fourth-order valence-corrected chi connectivity index (χ4v) is 2.82. The molecule has 0 bridgehead atoms. The highest BCUT2D eigenvalue weighted by atomic mass is 32.1. The van der Waals surface area contributed by atoms with Crippen LogP contribution in [0.25, 0.3) is 11.3 Å². The number of nitrogens with zero attached hydrogens (tertiary/aromatic N) is 1. The van der Waals surface area contributed by atoms with Crippen molar-refractivity contribution >= 4 is 11.3 Å². The quantitative estimate of drug-likeness (QED) is 0.900. The van der Waals surface area contributed by atoms with Gasteiger partial charge in [0.2, 0.25) is 0 Å². The van der Waals surface area contributed by atoms with Crippen molar-refractivity contribution in [3.8, 4) is 11.3 Å². The van der Waals surface area contributed by atoms with Gasteiger partial charge < -0.3 is 5.73 Å². The van der Waals surface area contributed by atoms with Crippen molar-refractivity contribution in [2.24, 2.45) is 5.73 Å². The van der Waals surface area contributed by atoms with Gasteiger partial charge in [0.1, 0.15) is 0 Å². The first-order chi connectivity index (χ1) is 8.24. The van der Waals surface area contributed by atoms with Gasteiger partial charge in [0, 0.05) is 16.9 Å². The van der Waals surface area contributed by atoms with Gasteiger partial charge in [0.15, 0.2) is 0 Å². The molecule has 0 aliphatic carbocycles. The first-order valence-electron chi connectivity index (χ1n) is 6.00. The predicted molar refractivity (Wildman–Crippen MR) is 74.4 cm³/mol. The van der Waals surface area contributed by atoms with Gasteiger partial charge in [-0.25, -0.2) is 4.98 Å². The molecule has 2 nitrogen and oxygen atoms in total. The average molecular weight is 246 g/mol. The molecule has 0 fully saturated rings. The van der Waals surface area contributed by atoms with E-state index in [4.69, 9.17) is 5.73 Å². The normalized spacial score (nSPS) is 10.8. The Hall–Kier alpha value is -1.19. The van der Waals surface area contributed by atoms with Crippen molar-refractivity contribution in [1.82, 2.24) is 4.98 Å². The van der Waals surface area contributed by atoms with Crippen LogP contribution in [-0.4, -0.2) is 11.5 Å². The second kappa shape index (κ2) is 5.43. The summed E-state index contributed by atoms with van der Waals surface area (Å²) in [6, 6.07) is 8.67. The van der Waals surface area contributed by atoms with Crippen LogP contribution in [0.15, 0.2) is 24.3 Å². The summed E-state index contributed by atoms with van der Waals surface area (Å²) >= 11 is 1.75. The maximum Gasteiger partial charge on any atom is 0.0947 e. The largest absolute Gasteiger partial charge is 0.330 e. The van der Waals surface area contributed by atoms with Gasteiger partial charge in [-0.05, 0) is 25.5 Å². The van der Waals surface area contributed by atoms with E-state index in [-0.39, 0.29) is 0 Å². The molecular formula is C14H18N2S. The smallest absolute Gasteiger partial charge is 0.0947 e. The van der Waals surface area contributed by atoms with E-state index in [0.29, 0.717) is 6.54 Å². The lowest BCUT2D eigenvalue weighted by atomic mass is 10.1. The Balaban J connectivity index is 2.31. The number of hydrogen-bond acceptors (Lipinski definition) is 3. The van der Waals surface area contributed by atoms with Crippen molar-refractivity contribution in [3.05, 3.63) is 39.7 Å². The zero-order valence-electron chi connectivity index (χ0n) is 10.4. The molecule has 2 rings (SSSR count). The Labute approximate surface area is 107 Å². The minimum Gasteiger partial charge on any atom is -0.330 e. The average Bonchev–Trinajstić information content (AvgIpc) is 2.71. The minimum atomic E-state index is 0.668. The van der Waals surface area contributed by atoms with Crippen LogP contribution in [0.5, 0.6) is 0 Å². The summed E-state index contributed by atoms with van der Waals surface area (Å²) < 4.78 is 0. The molecular weight excluding hydrogens is 228 g/mol. The van der Waals surface area contributed by atoms with Crippen molar-refractivity contribution in [1.29, 1.82) is 0 Å². The van der Waals surface area contributed by atoms with Gasteiger partial charge in [-0.2, -0.15) is 0 Å². The summed E-state index contributed by atoms with van der Waals surface area (Å²) in [7, 11) is 0. The summed E-state index contributed by atoms with van der Waals surface area (Å²) in [6.45, 7) is 4.96. The monoisotopic (exact) mass is 246 g/mol. The van der Waals surface area contributed by atoms with Crippen molar-refractivity contribution in [2.75, 3.05) is 6.54 Å². The van der Waals surface area contributed by atoms with Gasteiger partial charge in [0.25, 0.3) is 0 Å². The van der Waals surface area contributed by atoms with Crippen LogP contribution in [0, 0.1) is 6.92 Å². The Kier molecular flexibility index (Phi) is 3.92. The maximum atomic E-state index is 5.56. The lowest BCUT2D eigenvalue weighted by molar-refractivity contribution is 0.954. The van der Waals surface area contributed by atoms with Gasteiger partial charge in [-0.3, -0.25) is 0 Å². The summed E-state index contributed by atoms with van der Waals surface area (Å²) in [5.41, 5.74) is 9.25. The third-order valence-corrected chi connectivity index (χ3v) is 3.87.